The molecule has 34 heavy (non-hydrogen) atoms. The Morgan fingerprint density at radius 1 is 0.912 bits per heavy atom. The van der Waals surface area contributed by atoms with Crippen molar-refractivity contribution in [1.82, 2.24) is 9.21 Å². The molecule has 1 amide bonds. The zero-order valence-corrected chi connectivity index (χ0v) is 20.5. The van der Waals surface area contributed by atoms with E-state index in [2.05, 4.69) is 0 Å². The van der Waals surface area contributed by atoms with E-state index in [0.29, 0.717) is 0 Å². The number of nitrogens with zero attached hydrogens (tertiary/aromatic N) is 2. The van der Waals surface area contributed by atoms with E-state index >= 15 is 0 Å². The summed E-state index contributed by atoms with van der Waals surface area (Å²) < 4.78 is 32.1. The van der Waals surface area contributed by atoms with Crippen molar-refractivity contribution in [3.05, 3.63) is 72.3 Å². The van der Waals surface area contributed by atoms with Gasteiger partial charge in [-0.05, 0) is 42.0 Å². The van der Waals surface area contributed by atoms with Gasteiger partial charge in [-0.25, -0.2) is 8.42 Å². The number of aryl methyl sites for hydroxylation is 1. The van der Waals surface area contributed by atoms with E-state index in [9.17, 15) is 18.0 Å². The summed E-state index contributed by atoms with van der Waals surface area (Å²) in [5.74, 6) is -0.683. The zero-order chi connectivity index (χ0) is 24.1. The molecule has 0 aromatic heterocycles. The maximum atomic E-state index is 12.8. The molecule has 0 spiro atoms. The first-order valence-corrected chi connectivity index (χ1v) is 13.4. The number of esters is 1. The standard InChI is InChI=1S/C25H26N2O5S2/c1-19-6-10-23(11-7-19)34(30,31)27-14-12-26(13-15-27)24(28)17-32-25(29)18-33-22-9-8-20-4-2-3-5-21(20)16-22/h2-11,16H,12-15,17-18H2,1H3. The Morgan fingerprint density at radius 2 is 1.59 bits per heavy atom. The van der Waals surface area contributed by atoms with Crippen molar-refractivity contribution < 1.29 is 22.7 Å². The highest BCUT2D eigenvalue weighted by Crippen LogP contribution is 2.24. The first kappa shape index (κ1) is 24.3. The molecule has 0 radical (unpaired) electrons. The van der Waals surface area contributed by atoms with Crippen LogP contribution in [0.5, 0.6) is 0 Å². The molecule has 0 bridgehead atoms. The minimum absolute atomic E-state index is 0.105. The lowest BCUT2D eigenvalue weighted by atomic mass is 10.1. The Labute approximate surface area is 203 Å². The summed E-state index contributed by atoms with van der Waals surface area (Å²) in [5.41, 5.74) is 0.986. The molecule has 1 heterocycles. The Balaban J connectivity index is 1.22. The predicted octanol–water partition coefficient (Wildman–Crippen LogP) is 3.32. The monoisotopic (exact) mass is 498 g/mol. The van der Waals surface area contributed by atoms with Crippen molar-refractivity contribution in [2.45, 2.75) is 16.7 Å². The first-order valence-electron chi connectivity index (χ1n) is 10.9. The summed E-state index contributed by atoms with van der Waals surface area (Å²) in [5, 5.41) is 2.23. The summed E-state index contributed by atoms with van der Waals surface area (Å²) >= 11 is 1.36. The van der Waals surface area contributed by atoms with Crippen LogP contribution in [0.15, 0.2) is 76.5 Å². The van der Waals surface area contributed by atoms with Gasteiger partial charge in [-0.1, -0.05) is 48.0 Å². The van der Waals surface area contributed by atoms with Crippen molar-refractivity contribution in [2.24, 2.45) is 0 Å². The molecule has 0 unspecified atom stereocenters. The van der Waals surface area contributed by atoms with E-state index in [-0.39, 0.29) is 49.3 Å². The number of ether oxygens (including phenoxy) is 1. The second-order valence-corrected chi connectivity index (χ2v) is 11.0. The van der Waals surface area contributed by atoms with Crippen molar-refractivity contribution in [2.75, 3.05) is 38.5 Å². The van der Waals surface area contributed by atoms with Crippen molar-refractivity contribution in [3.63, 3.8) is 0 Å². The van der Waals surface area contributed by atoms with Crippen molar-refractivity contribution in [1.29, 1.82) is 0 Å². The minimum atomic E-state index is -3.59. The lowest BCUT2D eigenvalue weighted by molar-refractivity contribution is -0.150. The van der Waals surface area contributed by atoms with E-state index in [1.165, 1.54) is 21.0 Å². The molecular weight excluding hydrogens is 472 g/mol. The summed E-state index contributed by atoms with van der Waals surface area (Å²) in [6.45, 7) is 2.47. The number of rotatable bonds is 7. The van der Waals surface area contributed by atoms with Gasteiger partial charge in [-0.2, -0.15) is 4.31 Å². The molecule has 0 atom stereocenters. The van der Waals surface area contributed by atoms with Crippen molar-refractivity contribution in [3.8, 4) is 0 Å². The normalized spacial score (nSPS) is 14.8. The van der Waals surface area contributed by atoms with E-state index in [0.717, 1.165) is 21.2 Å². The fraction of sp³-hybridized carbons (Fsp3) is 0.280. The Hall–Kier alpha value is -2.88. The number of fused-ring (bicyclic) bond motifs is 1. The SMILES string of the molecule is Cc1ccc(S(=O)(=O)N2CCN(C(=O)COC(=O)CSc3ccc4ccccc4c3)CC2)cc1. The predicted molar refractivity (Wildman–Crippen MR) is 132 cm³/mol. The van der Waals surface area contributed by atoms with Crippen LogP contribution in [0.4, 0.5) is 0 Å². The summed E-state index contributed by atoms with van der Waals surface area (Å²) in [4.78, 5) is 27.3. The first-order chi connectivity index (χ1) is 16.3. The maximum absolute atomic E-state index is 12.8. The van der Waals surface area contributed by atoms with Gasteiger partial charge < -0.3 is 9.64 Å². The van der Waals surface area contributed by atoms with Crippen LogP contribution in [0.3, 0.4) is 0 Å². The number of benzene rings is 3. The number of hydrogen-bond donors (Lipinski definition) is 0. The van der Waals surface area contributed by atoms with Crippen LogP contribution in [0.1, 0.15) is 5.56 Å². The molecule has 1 fully saturated rings. The molecule has 3 aromatic rings. The topological polar surface area (TPSA) is 84.0 Å². The third-order valence-electron chi connectivity index (χ3n) is 5.68. The fourth-order valence-corrected chi connectivity index (χ4v) is 5.88. The van der Waals surface area contributed by atoms with Crippen LogP contribution >= 0.6 is 11.8 Å². The van der Waals surface area contributed by atoms with Gasteiger partial charge in [0.15, 0.2) is 6.61 Å². The van der Waals surface area contributed by atoms with Crippen LogP contribution in [0.2, 0.25) is 0 Å². The Morgan fingerprint density at radius 3 is 2.29 bits per heavy atom. The number of amides is 1. The molecule has 9 heteroatoms. The van der Waals surface area contributed by atoms with Crippen LogP contribution in [0.25, 0.3) is 10.8 Å². The van der Waals surface area contributed by atoms with Crippen LogP contribution < -0.4 is 0 Å². The lowest BCUT2D eigenvalue weighted by Crippen LogP contribution is -2.51. The third kappa shape index (κ3) is 5.78. The van der Waals surface area contributed by atoms with Crippen LogP contribution in [0, 0.1) is 6.92 Å². The minimum Gasteiger partial charge on any atom is -0.455 e. The molecule has 4 rings (SSSR count). The highest BCUT2D eigenvalue weighted by atomic mass is 32.2. The van der Waals surface area contributed by atoms with Gasteiger partial charge in [0.25, 0.3) is 5.91 Å². The highest BCUT2D eigenvalue weighted by molar-refractivity contribution is 8.00. The maximum Gasteiger partial charge on any atom is 0.316 e. The quantitative estimate of drug-likeness (QED) is 0.367. The molecule has 3 aromatic carbocycles. The molecular formula is C25H26N2O5S2. The molecule has 0 N–H and O–H groups in total. The number of sulfonamides is 1. The zero-order valence-electron chi connectivity index (χ0n) is 18.8. The van der Waals surface area contributed by atoms with Crippen molar-refractivity contribution >= 4 is 44.4 Å². The summed E-state index contributed by atoms with van der Waals surface area (Å²) in [7, 11) is -3.59. The van der Waals surface area contributed by atoms with Gasteiger partial charge in [0.1, 0.15) is 0 Å². The number of piperazine rings is 1. The van der Waals surface area contributed by atoms with Gasteiger partial charge in [0, 0.05) is 31.1 Å². The van der Waals surface area contributed by atoms with Gasteiger partial charge in [-0.15, -0.1) is 11.8 Å². The second-order valence-electron chi connectivity index (χ2n) is 8.06. The van der Waals surface area contributed by atoms with E-state index < -0.39 is 16.0 Å². The smallest absolute Gasteiger partial charge is 0.316 e. The lowest BCUT2D eigenvalue weighted by Gasteiger charge is -2.33. The highest BCUT2D eigenvalue weighted by Gasteiger charge is 2.30. The molecule has 1 aliphatic heterocycles. The molecule has 0 saturated carbocycles. The van der Waals surface area contributed by atoms with Crippen LogP contribution in [-0.2, 0) is 24.3 Å². The fourth-order valence-electron chi connectivity index (χ4n) is 3.71. The summed E-state index contributed by atoms with van der Waals surface area (Å²) in [6, 6.07) is 20.7. The van der Waals surface area contributed by atoms with Gasteiger partial charge in [0.05, 0.1) is 10.6 Å². The molecule has 7 nitrogen and oxygen atoms in total. The summed E-state index contributed by atoms with van der Waals surface area (Å²) in [6.07, 6.45) is 0. The van der Waals surface area contributed by atoms with E-state index in [4.69, 9.17) is 4.74 Å². The van der Waals surface area contributed by atoms with Gasteiger partial charge >= 0.3 is 5.97 Å². The largest absolute Gasteiger partial charge is 0.455 e. The third-order valence-corrected chi connectivity index (χ3v) is 8.56. The van der Waals surface area contributed by atoms with Gasteiger partial charge in [-0.3, -0.25) is 9.59 Å². The average molecular weight is 499 g/mol. The number of thioether (sulfide) groups is 1. The average Bonchev–Trinajstić information content (AvgIpc) is 2.86. The second kappa shape index (κ2) is 10.6. The number of carbonyl (C=O) groups excluding carboxylic acids is 2. The van der Waals surface area contributed by atoms with E-state index in [1.807, 2.05) is 49.4 Å². The number of carbonyl (C=O) groups is 2. The van der Waals surface area contributed by atoms with Crippen LogP contribution in [-0.4, -0.2) is 68.0 Å². The van der Waals surface area contributed by atoms with Gasteiger partial charge in [0.2, 0.25) is 10.0 Å². The number of hydrogen-bond acceptors (Lipinski definition) is 6. The molecule has 178 valence electrons. The molecule has 1 aliphatic rings. The Kier molecular flexibility index (Phi) is 7.55. The Bertz CT molecular complexity index is 1280. The molecule has 0 aliphatic carbocycles. The van der Waals surface area contributed by atoms with E-state index in [1.54, 1.807) is 24.3 Å². The molecule has 1 saturated heterocycles.